The van der Waals surface area contributed by atoms with E-state index in [9.17, 15) is 13.2 Å². The summed E-state index contributed by atoms with van der Waals surface area (Å²) in [7, 11) is 0. The fourth-order valence-corrected chi connectivity index (χ4v) is 3.32. The lowest BCUT2D eigenvalue weighted by atomic mass is 10.2. The number of aryl methyl sites for hydroxylation is 1. The second kappa shape index (κ2) is 5.75. The van der Waals surface area contributed by atoms with Crippen LogP contribution in [0.5, 0.6) is 0 Å². The van der Waals surface area contributed by atoms with Gasteiger partial charge in [0.2, 0.25) is 0 Å². The van der Waals surface area contributed by atoms with Crippen molar-refractivity contribution in [1.29, 1.82) is 0 Å². The van der Waals surface area contributed by atoms with Gasteiger partial charge >= 0.3 is 5.51 Å². The van der Waals surface area contributed by atoms with E-state index in [0.717, 1.165) is 21.1 Å². The number of nitrogens with two attached hydrogens (primary N) is 1. The average Bonchev–Trinajstić information content (AvgIpc) is 2.70. The molecule has 7 heteroatoms. The molecule has 0 fully saturated rings. The summed E-state index contributed by atoms with van der Waals surface area (Å²) >= 11 is 1.36. The molecule has 1 unspecified atom stereocenters. The summed E-state index contributed by atoms with van der Waals surface area (Å²) in [6.45, 7) is 3.76. The number of alkyl halides is 3. The van der Waals surface area contributed by atoms with Crippen molar-refractivity contribution in [3.8, 4) is 10.6 Å². The van der Waals surface area contributed by atoms with Gasteiger partial charge in [0, 0.05) is 21.4 Å². The molecule has 0 saturated carbocycles. The van der Waals surface area contributed by atoms with Crippen LogP contribution in [0.25, 0.3) is 10.6 Å². The number of benzene rings is 1. The zero-order valence-electron chi connectivity index (χ0n) is 10.9. The third kappa shape index (κ3) is 3.74. The Bertz CT molecular complexity index is 589. The van der Waals surface area contributed by atoms with Gasteiger partial charge in [0.05, 0.1) is 5.69 Å². The van der Waals surface area contributed by atoms with Crippen molar-refractivity contribution in [2.75, 3.05) is 0 Å². The van der Waals surface area contributed by atoms with Gasteiger partial charge in [-0.05, 0) is 37.7 Å². The first kappa shape index (κ1) is 15.3. The molecular weight excluding hydrogens is 305 g/mol. The van der Waals surface area contributed by atoms with Crippen molar-refractivity contribution < 1.29 is 13.2 Å². The van der Waals surface area contributed by atoms with E-state index in [1.165, 1.54) is 23.5 Å². The second-order valence-corrected chi connectivity index (χ2v) is 6.50. The van der Waals surface area contributed by atoms with E-state index in [-0.39, 0.29) is 22.7 Å². The number of rotatable bonds is 3. The van der Waals surface area contributed by atoms with Gasteiger partial charge in [-0.1, -0.05) is 12.1 Å². The molecule has 0 radical (unpaired) electrons. The maximum absolute atomic E-state index is 12.2. The first-order valence-electron chi connectivity index (χ1n) is 5.85. The minimum Gasteiger partial charge on any atom is -0.323 e. The van der Waals surface area contributed by atoms with Crippen LogP contribution in [-0.4, -0.2) is 10.5 Å². The molecule has 2 rings (SSSR count). The van der Waals surface area contributed by atoms with Crippen LogP contribution in [0.4, 0.5) is 13.2 Å². The van der Waals surface area contributed by atoms with Crippen molar-refractivity contribution >= 4 is 23.1 Å². The summed E-state index contributed by atoms with van der Waals surface area (Å²) in [5.41, 5.74) is 3.25. The number of thiazole rings is 1. The van der Waals surface area contributed by atoms with Crippen LogP contribution in [0.15, 0.2) is 29.2 Å². The molecule has 0 spiro atoms. The monoisotopic (exact) mass is 318 g/mol. The van der Waals surface area contributed by atoms with Crippen LogP contribution in [0, 0.1) is 6.92 Å². The van der Waals surface area contributed by atoms with E-state index in [1.807, 2.05) is 13.8 Å². The van der Waals surface area contributed by atoms with Crippen molar-refractivity contribution in [2.45, 2.75) is 30.3 Å². The minimum atomic E-state index is -4.26. The Morgan fingerprint density at radius 2 is 1.85 bits per heavy atom. The number of hydrogen-bond donors (Lipinski definition) is 1. The normalized spacial score (nSPS) is 13.5. The lowest BCUT2D eigenvalue weighted by molar-refractivity contribution is -0.0328. The molecule has 0 aliphatic carbocycles. The Morgan fingerprint density at radius 1 is 1.25 bits per heavy atom. The largest absolute Gasteiger partial charge is 0.446 e. The zero-order valence-corrected chi connectivity index (χ0v) is 12.5. The summed E-state index contributed by atoms with van der Waals surface area (Å²) in [4.78, 5) is 5.58. The van der Waals surface area contributed by atoms with Crippen molar-refractivity contribution in [3.05, 3.63) is 34.8 Å². The number of hydrogen-bond acceptors (Lipinski definition) is 4. The number of thioether (sulfide) groups is 1. The van der Waals surface area contributed by atoms with E-state index < -0.39 is 5.51 Å². The van der Waals surface area contributed by atoms with Crippen molar-refractivity contribution in [2.24, 2.45) is 5.73 Å². The molecule has 20 heavy (non-hydrogen) atoms. The zero-order chi connectivity index (χ0) is 14.9. The van der Waals surface area contributed by atoms with Crippen LogP contribution < -0.4 is 5.73 Å². The van der Waals surface area contributed by atoms with E-state index in [4.69, 9.17) is 5.73 Å². The molecule has 2 nitrogen and oxygen atoms in total. The molecule has 2 N–H and O–H groups in total. The topological polar surface area (TPSA) is 38.9 Å². The van der Waals surface area contributed by atoms with Crippen molar-refractivity contribution in [3.63, 3.8) is 0 Å². The Kier molecular flexibility index (Phi) is 4.41. The Morgan fingerprint density at radius 3 is 2.30 bits per heavy atom. The highest BCUT2D eigenvalue weighted by molar-refractivity contribution is 8.00. The quantitative estimate of drug-likeness (QED) is 0.830. The van der Waals surface area contributed by atoms with Gasteiger partial charge in [-0.3, -0.25) is 0 Å². The molecule has 2 aromatic rings. The fourth-order valence-electron chi connectivity index (χ4n) is 1.75. The predicted octanol–water partition coefficient (Wildman–Crippen LogP) is 4.75. The molecule has 1 aromatic carbocycles. The van der Waals surface area contributed by atoms with E-state index in [1.54, 1.807) is 12.1 Å². The minimum absolute atomic E-state index is 0.0960. The molecule has 108 valence electrons. The van der Waals surface area contributed by atoms with Gasteiger partial charge < -0.3 is 5.73 Å². The van der Waals surface area contributed by atoms with Crippen LogP contribution in [-0.2, 0) is 0 Å². The van der Waals surface area contributed by atoms with Gasteiger partial charge in [0.15, 0.2) is 0 Å². The molecule has 0 bridgehead atoms. The Balaban J connectivity index is 2.24. The summed E-state index contributed by atoms with van der Waals surface area (Å²) in [6, 6.07) is 6.11. The molecule has 1 heterocycles. The molecule has 0 amide bonds. The van der Waals surface area contributed by atoms with Gasteiger partial charge in [0.25, 0.3) is 0 Å². The van der Waals surface area contributed by atoms with Crippen LogP contribution in [0.1, 0.15) is 23.5 Å². The number of nitrogens with zero attached hydrogens (tertiary/aromatic N) is 1. The van der Waals surface area contributed by atoms with Crippen LogP contribution in [0.3, 0.4) is 0 Å². The van der Waals surface area contributed by atoms with Gasteiger partial charge in [-0.15, -0.1) is 11.3 Å². The highest BCUT2D eigenvalue weighted by Crippen LogP contribution is 2.38. The Labute approximate surface area is 123 Å². The van der Waals surface area contributed by atoms with E-state index in [2.05, 4.69) is 4.98 Å². The van der Waals surface area contributed by atoms with E-state index in [0.29, 0.717) is 0 Å². The third-order valence-electron chi connectivity index (χ3n) is 2.58. The first-order chi connectivity index (χ1) is 9.26. The van der Waals surface area contributed by atoms with E-state index >= 15 is 0 Å². The van der Waals surface area contributed by atoms with Gasteiger partial charge in [-0.25, -0.2) is 4.98 Å². The predicted molar refractivity (Wildman–Crippen MR) is 76.8 cm³/mol. The van der Waals surface area contributed by atoms with Crippen LogP contribution in [0.2, 0.25) is 0 Å². The van der Waals surface area contributed by atoms with Gasteiger partial charge in [0.1, 0.15) is 5.01 Å². The third-order valence-corrected chi connectivity index (χ3v) is 4.73. The number of halogens is 3. The molecule has 0 aliphatic heterocycles. The number of aromatic nitrogens is 1. The molecule has 0 aliphatic rings. The Hall–Kier alpha value is -1.05. The first-order valence-corrected chi connectivity index (χ1v) is 7.48. The highest BCUT2D eigenvalue weighted by Gasteiger charge is 2.29. The molecule has 1 atom stereocenters. The summed E-state index contributed by atoms with van der Waals surface area (Å²) < 4.78 is 36.7. The maximum Gasteiger partial charge on any atom is 0.446 e. The second-order valence-electron chi connectivity index (χ2n) is 4.33. The lowest BCUT2D eigenvalue weighted by Crippen LogP contribution is -2.03. The maximum atomic E-state index is 12.2. The average molecular weight is 318 g/mol. The molecule has 0 saturated heterocycles. The smallest absolute Gasteiger partial charge is 0.323 e. The standard InChI is InChI=1S/C13H13F3N2S2/c1-7(17)11-8(2)18-12(19-11)9-3-5-10(6-4-9)20-13(14,15)16/h3-7H,17H2,1-2H3. The van der Waals surface area contributed by atoms with Crippen molar-refractivity contribution in [1.82, 2.24) is 4.98 Å². The molecular formula is C13H13F3N2S2. The SMILES string of the molecule is Cc1nc(-c2ccc(SC(F)(F)F)cc2)sc1C(C)N. The lowest BCUT2D eigenvalue weighted by Gasteiger charge is -2.05. The summed E-state index contributed by atoms with van der Waals surface area (Å²) in [5, 5.41) is 0.776. The highest BCUT2D eigenvalue weighted by atomic mass is 32.2. The van der Waals surface area contributed by atoms with Gasteiger partial charge in [-0.2, -0.15) is 13.2 Å². The fraction of sp³-hybridized carbons (Fsp3) is 0.308. The summed E-state index contributed by atoms with van der Waals surface area (Å²) in [6.07, 6.45) is 0. The molecule has 1 aromatic heterocycles. The van der Waals surface area contributed by atoms with Crippen LogP contribution >= 0.6 is 23.1 Å². The summed E-state index contributed by atoms with van der Waals surface area (Å²) in [5.74, 6) is 0.